The van der Waals surface area contributed by atoms with Crippen molar-refractivity contribution in [1.29, 1.82) is 0 Å². The molecule has 0 radical (unpaired) electrons. The molecule has 0 spiro atoms. The highest BCUT2D eigenvalue weighted by atomic mass is 16.5. The molecule has 1 saturated heterocycles. The van der Waals surface area contributed by atoms with Gasteiger partial charge in [0.25, 0.3) is 0 Å². The number of carbonyl (C=O) groups is 2. The van der Waals surface area contributed by atoms with Gasteiger partial charge in [-0.3, -0.25) is 9.59 Å². The predicted octanol–water partition coefficient (Wildman–Crippen LogP) is -0.310. The average molecular weight is 271 g/mol. The lowest BCUT2D eigenvalue weighted by Gasteiger charge is -2.26. The second-order valence-corrected chi connectivity index (χ2v) is 5.10. The number of nitrogens with one attached hydrogen (secondary N) is 1. The topological polar surface area (TPSA) is 61.9 Å². The monoisotopic (exact) mass is 271 g/mol. The first-order valence-electron chi connectivity index (χ1n) is 6.74. The summed E-state index contributed by atoms with van der Waals surface area (Å²) in [5.74, 6) is -0.0558. The minimum absolute atomic E-state index is 0.00315. The summed E-state index contributed by atoms with van der Waals surface area (Å²) in [4.78, 5) is 27.3. The fourth-order valence-electron chi connectivity index (χ4n) is 2.13. The van der Waals surface area contributed by atoms with Gasteiger partial charge in [0.15, 0.2) is 0 Å². The van der Waals surface area contributed by atoms with E-state index in [1.807, 2.05) is 6.92 Å². The highest BCUT2D eigenvalue weighted by Crippen LogP contribution is 2.12. The van der Waals surface area contributed by atoms with E-state index in [1.54, 1.807) is 26.1 Å². The average Bonchev–Trinajstić information content (AvgIpc) is 2.85. The van der Waals surface area contributed by atoms with Gasteiger partial charge in [-0.2, -0.15) is 0 Å². The Hall–Kier alpha value is -1.14. The van der Waals surface area contributed by atoms with Crippen molar-refractivity contribution in [2.75, 3.05) is 40.8 Å². The molecule has 1 aliphatic rings. The zero-order valence-electron chi connectivity index (χ0n) is 12.3. The van der Waals surface area contributed by atoms with Crippen LogP contribution in [0, 0.1) is 0 Å². The third-order valence-corrected chi connectivity index (χ3v) is 3.35. The molecule has 1 heterocycles. The highest BCUT2D eigenvalue weighted by molar-refractivity contribution is 5.87. The minimum Gasteiger partial charge on any atom is -0.380 e. The summed E-state index contributed by atoms with van der Waals surface area (Å²) < 4.78 is 5.24. The van der Waals surface area contributed by atoms with Gasteiger partial charge in [-0.1, -0.05) is 6.92 Å². The summed E-state index contributed by atoms with van der Waals surface area (Å²) in [5.41, 5.74) is 0. The molecule has 1 aliphatic heterocycles. The van der Waals surface area contributed by atoms with Crippen molar-refractivity contribution in [2.24, 2.45) is 0 Å². The fraction of sp³-hybridized carbons (Fsp3) is 0.846. The van der Waals surface area contributed by atoms with Crippen molar-refractivity contribution in [1.82, 2.24) is 15.1 Å². The molecule has 19 heavy (non-hydrogen) atoms. The van der Waals surface area contributed by atoms with Crippen molar-refractivity contribution in [3.8, 4) is 0 Å². The number of methoxy groups -OCH3 is 1. The summed E-state index contributed by atoms with van der Waals surface area (Å²) in [6.45, 7) is 3.44. The predicted molar refractivity (Wildman–Crippen MR) is 72.8 cm³/mol. The van der Waals surface area contributed by atoms with Crippen LogP contribution in [0.5, 0.6) is 0 Å². The summed E-state index contributed by atoms with van der Waals surface area (Å²) in [6.07, 6.45) is 1.60. The molecule has 0 aromatic rings. The maximum atomic E-state index is 12.4. The van der Waals surface area contributed by atoms with E-state index >= 15 is 0 Å². The van der Waals surface area contributed by atoms with E-state index in [9.17, 15) is 9.59 Å². The highest BCUT2D eigenvalue weighted by Gasteiger charge is 2.32. The molecule has 2 amide bonds. The summed E-state index contributed by atoms with van der Waals surface area (Å²) in [7, 11) is 5.05. The van der Waals surface area contributed by atoms with Gasteiger partial charge in [0, 0.05) is 34.3 Å². The van der Waals surface area contributed by atoms with E-state index in [-0.39, 0.29) is 30.5 Å². The van der Waals surface area contributed by atoms with Gasteiger partial charge in [0.1, 0.15) is 0 Å². The van der Waals surface area contributed by atoms with Crippen molar-refractivity contribution < 1.29 is 14.3 Å². The Kier molecular flexibility index (Phi) is 6.24. The zero-order chi connectivity index (χ0) is 14.4. The number of likely N-dealkylation sites (N-methyl/N-ethyl adjacent to an activating group) is 1. The quantitative estimate of drug-likeness (QED) is 0.720. The van der Waals surface area contributed by atoms with Crippen molar-refractivity contribution in [3.05, 3.63) is 0 Å². The van der Waals surface area contributed by atoms with Gasteiger partial charge in [-0.05, 0) is 12.8 Å². The number of hydrogen-bond acceptors (Lipinski definition) is 4. The first-order valence-corrected chi connectivity index (χ1v) is 6.74. The van der Waals surface area contributed by atoms with Crippen LogP contribution < -0.4 is 5.32 Å². The Morgan fingerprint density at radius 1 is 1.37 bits per heavy atom. The Bertz CT molecular complexity index is 320. The molecule has 1 rings (SSSR count). The number of carbonyl (C=O) groups excluding carboxylic acids is 2. The van der Waals surface area contributed by atoms with E-state index in [0.717, 1.165) is 6.42 Å². The van der Waals surface area contributed by atoms with E-state index < -0.39 is 0 Å². The van der Waals surface area contributed by atoms with Gasteiger partial charge < -0.3 is 19.9 Å². The number of amides is 2. The molecule has 2 unspecified atom stereocenters. The smallest absolute Gasteiger partial charge is 0.241 e. The Labute approximate surface area is 115 Å². The standard InChI is InChI=1S/C13H25N3O3/c1-5-6-16(9-12(17)15(2)3)13(18)11-7-10(19-4)8-14-11/h10-11,14H,5-9H2,1-4H3. The van der Waals surface area contributed by atoms with Crippen LogP contribution in [0.25, 0.3) is 0 Å². The Balaban J connectivity index is 2.60. The van der Waals surface area contributed by atoms with E-state index in [4.69, 9.17) is 4.74 Å². The third-order valence-electron chi connectivity index (χ3n) is 3.35. The Morgan fingerprint density at radius 3 is 2.53 bits per heavy atom. The van der Waals surface area contributed by atoms with Crippen LogP contribution in [-0.2, 0) is 14.3 Å². The molecule has 1 N–H and O–H groups in total. The van der Waals surface area contributed by atoms with E-state index in [0.29, 0.717) is 19.5 Å². The van der Waals surface area contributed by atoms with E-state index in [2.05, 4.69) is 5.32 Å². The van der Waals surface area contributed by atoms with Crippen LogP contribution in [-0.4, -0.2) is 74.6 Å². The van der Waals surface area contributed by atoms with Crippen LogP contribution in [0.1, 0.15) is 19.8 Å². The SMILES string of the molecule is CCCN(CC(=O)N(C)C)C(=O)C1CC(OC)CN1. The molecule has 1 fully saturated rings. The fourth-order valence-corrected chi connectivity index (χ4v) is 2.13. The molecule has 0 saturated carbocycles. The molecule has 110 valence electrons. The number of nitrogens with zero attached hydrogens (tertiary/aromatic N) is 2. The third kappa shape index (κ3) is 4.47. The second-order valence-electron chi connectivity index (χ2n) is 5.10. The zero-order valence-corrected chi connectivity index (χ0v) is 12.3. The summed E-state index contributed by atoms with van der Waals surface area (Å²) in [5, 5.41) is 3.16. The number of rotatable bonds is 6. The molecular weight excluding hydrogens is 246 g/mol. The van der Waals surface area contributed by atoms with Crippen LogP contribution in [0.4, 0.5) is 0 Å². The summed E-state index contributed by atoms with van der Waals surface area (Å²) in [6, 6.07) is -0.230. The van der Waals surface area contributed by atoms with Gasteiger partial charge >= 0.3 is 0 Å². The minimum atomic E-state index is -0.230. The first kappa shape index (κ1) is 15.9. The second kappa shape index (κ2) is 7.45. The lowest BCUT2D eigenvalue weighted by atomic mass is 10.1. The van der Waals surface area contributed by atoms with Crippen LogP contribution >= 0.6 is 0 Å². The molecule has 2 atom stereocenters. The maximum Gasteiger partial charge on any atom is 0.241 e. The van der Waals surface area contributed by atoms with Crippen LogP contribution in [0.3, 0.4) is 0 Å². The van der Waals surface area contributed by atoms with Gasteiger partial charge in [0.05, 0.1) is 18.7 Å². The lowest BCUT2D eigenvalue weighted by Crippen LogP contribution is -2.47. The van der Waals surface area contributed by atoms with Gasteiger partial charge in [0.2, 0.25) is 11.8 Å². The molecule has 0 aliphatic carbocycles. The first-order chi connectivity index (χ1) is 8.99. The molecule has 0 aromatic carbocycles. The normalized spacial score (nSPS) is 22.3. The number of hydrogen-bond donors (Lipinski definition) is 1. The van der Waals surface area contributed by atoms with E-state index in [1.165, 1.54) is 4.90 Å². The largest absolute Gasteiger partial charge is 0.380 e. The van der Waals surface area contributed by atoms with Crippen molar-refractivity contribution >= 4 is 11.8 Å². The maximum absolute atomic E-state index is 12.4. The summed E-state index contributed by atoms with van der Waals surface area (Å²) >= 11 is 0. The lowest BCUT2D eigenvalue weighted by molar-refractivity contribution is -0.140. The molecule has 6 nitrogen and oxygen atoms in total. The van der Waals surface area contributed by atoms with Crippen molar-refractivity contribution in [2.45, 2.75) is 31.9 Å². The van der Waals surface area contributed by atoms with Crippen molar-refractivity contribution in [3.63, 3.8) is 0 Å². The van der Waals surface area contributed by atoms with Crippen LogP contribution in [0.15, 0.2) is 0 Å². The van der Waals surface area contributed by atoms with Crippen LogP contribution in [0.2, 0.25) is 0 Å². The molecular formula is C13H25N3O3. The van der Waals surface area contributed by atoms with Gasteiger partial charge in [-0.15, -0.1) is 0 Å². The molecule has 0 aromatic heterocycles. The Morgan fingerprint density at radius 2 is 2.05 bits per heavy atom. The number of ether oxygens (including phenoxy) is 1. The van der Waals surface area contributed by atoms with Gasteiger partial charge in [-0.25, -0.2) is 0 Å². The molecule has 0 bridgehead atoms. The molecule has 6 heteroatoms.